The molecule has 0 radical (unpaired) electrons. The molecule has 132 valence electrons. The van der Waals surface area contributed by atoms with Gasteiger partial charge in [-0.15, -0.1) is 0 Å². The number of benzene rings is 1. The third kappa shape index (κ3) is 4.39. The number of piperazine rings is 1. The summed E-state index contributed by atoms with van der Waals surface area (Å²) in [6, 6.07) is 3.60. The quantitative estimate of drug-likeness (QED) is 0.576. The van der Waals surface area contributed by atoms with Crippen molar-refractivity contribution in [3.8, 4) is 5.75 Å². The first kappa shape index (κ1) is 18.1. The van der Waals surface area contributed by atoms with E-state index in [0.29, 0.717) is 17.1 Å². The summed E-state index contributed by atoms with van der Waals surface area (Å²) in [4.78, 5) is 16.3. The minimum atomic E-state index is -0.264. The lowest BCUT2D eigenvalue weighted by molar-refractivity contribution is -0.111. The van der Waals surface area contributed by atoms with Gasteiger partial charge in [-0.1, -0.05) is 6.58 Å². The molecule has 1 aliphatic rings. The van der Waals surface area contributed by atoms with E-state index in [1.54, 1.807) is 20.3 Å². The molecule has 0 aliphatic carbocycles. The number of hydrogen-bond acceptors (Lipinski definition) is 6. The van der Waals surface area contributed by atoms with E-state index in [9.17, 15) is 4.79 Å². The number of methoxy groups -OCH3 is 2. The molecule has 0 spiro atoms. The van der Waals surface area contributed by atoms with Crippen LogP contribution in [0.5, 0.6) is 5.75 Å². The molecule has 2 rings (SSSR count). The van der Waals surface area contributed by atoms with Crippen molar-refractivity contribution in [3.63, 3.8) is 0 Å². The van der Waals surface area contributed by atoms with Gasteiger partial charge in [-0.25, -0.2) is 0 Å². The van der Waals surface area contributed by atoms with Crippen molar-refractivity contribution >= 4 is 23.0 Å². The molecule has 7 heteroatoms. The smallest absolute Gasteiger partial charge is 0.247 e. The second kappa shape index (κ2) is 8.56. The number of carbonyl (C=O) groups is 1. The molecular formula is C17H26N4O3. The van der Waals surface area contributed by atoms with Gasteiger partial charge in [0.2, 0.25) is 5.91 Å². The number of anilines is 3. The maximum Gasteiger partial charge on any atom is 0.247 e. The highest BCUT2D eigenvalue weighted by Gasteiger charge is 2.21. The normalized spacial score (nSPS) is 15.2. The zero-order valence-corrected chi connectivity index (χ0v) is 14.4. The Hall–Kier alpha value is -2.25. The van der Waals surface area contributed by atoms with E-state index < -0.39 is 0 Å². The lowest BCUT2D eigenvalue weighted by Gasteiger charge is -2.37. The first-order valence-corrected chi connectivity index (χ1v) is 7.96. The maximum absolute atomic E-state index is 11.7. The zero-order chi connectivity index (χ0) is 17.5. The minimum absolute atomic E-state index is 0.264. The van der Waals surface area contributed by atoms with Crippen LogP contribution in [-0.4, -0.2) is 64.4 Å². The van der Waals surface area contributed by atoms with Gasteiger partial charge in [0.25, 0.3) is 0 Å². The number of amides is 1. The third-order valence-corrected chi connectivity index (χ3v) is 4.12. The molecule has 1 fully saturated rings. The molecule has 0 atom stereocenters. The van der Waals surface area contributed by atoms with Crippen molar-refractivity contribution in [1.29, 1.82) is 0 Å². The van der Waals surface area contributed by atoms with Gasteiger partial charge in [0.05, 0.1) is 30.8 Å². The Morgan fingerprint density at radius 1 is 1.33 bits per heavy atom. The average molecular weight is 334 g/mol. The molecule has 0 saturated carbocycles. The van der Waals surface area contributed by atoms with Crippen LogP contribution in [0.1, 0.15) is 0 Å². The Labute approximate surface area is 143 Å². The monoisotopic (exact) mass is 334 g/mol. The summed E-state index contributed by atoms with van der Waals surface area (Å²) in [5.74, 6) is 0.336. The maximum atomic E-state index is 11.7. The molecule has 0 bridgehead atoms. The van der Waals surface area contributed by atoms with E-state index in [1.165, 1.54) is 6.08 Å². The number of nitrogens with one attached hydrogen (secondary N) is 1. The van der Waals surface area contributed by atoms with Crippen LogP contribution in [0.2, 0.25) is 0 Å². The van der Waals surface area contributed by atoms with Gasteiger partial charge in [0.1, 0.15) is 5.75 Å². The van der Waals surface area contributed by atoms with Crippen LogP contribution in [0, 0.1) is 0 Å². The highest BCUT2D eigenvalue weighted by molar-refractivity contribution is 6.02. The Kier molecular flexibility index (Phi) is 6.45. The number of ether oxygens (including phenoxy) is 2. The average Bonchev–Trinajstić information content (AvgIpc) is 2.60. The fraction of sp³-hybridized carbons (Fsp3) is 0.471. The van der Waals surface area contributed by atoms with Crippen molar-refractivity contribution in [1.82, 2.24) is 4.90 Å². The highest BCUT2D eigenvalue weighted by Crippen LogP contribution is 2.36. The molecule has 1 saturated heterocycles. The predicted molar refractivity (Wildman–Crippen MR) is 96.8 cm³/mol. The Morgan fingerprint density at radius 2 is 2.04 bits per heavy atom. The van der Waals surface area contributed by atoms with Gasteiger partial charge in [0.15, 0.2) is 0 Å². The SMILES string of the molecule is C=CC(=O)Nc1cc(N)c(OC)cc1N1CCN(CCOC)CC1. The van der Waals surface area contributed by atoms with Crippen LogP contribution < -0.4 is 20.7 Å². The fourth-order valence-electron chi connectivity index (χ4n) is 2.74. The van der Waals surface area contributed by atoms with Crippen molar-refractivity contribution in [2.24, 2.45) is 0 Å². The molecule has 1 amide bonds. The number of nitrogens with zero attached hydrogens (tertiary/aromatic N) is 2. The highest BCUT2D eigenvalue weighted by atomic mass is 16.5. The van der Waals surface area contributed by atoms with Crippen LogP contribution in [0.3, 0.4) is 0 Å². The van der Waals surface area contributed by atoms with E-state index in [1.807, 2.05) is 6.07 Å². The molecule has 0 unspecified atom stereocenters. The molecule has 7 nitrogen and oxygen atoms in total. The topological polar surface area (TPSA) is 80.1 Å². The second-order valence-corrected chi connectivity index (χ2v) is 5.63. The summed E-state index contributed by atoms with van der Waals surface area (Å²) in [6.07, 6.45) is 1.24. The van der Waals surface area contributed by atoms with Gasteiger partial charge in [-0.3, -0.25) is 9.69 Å². The van der Waals surface area contributed by atoms with Gasteiger partial charge in [-0.05, 0) is 12.1 Å². The van der Waals surface area contributed by atoms with Gasteiger partial charge in [-0.2, -0.15) is 0 Å². The van der Waals surface area contributed by atoms with Crippen molar-refractivity contribution in [3.05, 3.63) is 24.8 Å². The molecule has 1 heterocycles. The molecule has 0 aromatic heterocycles. The summed E-state index contributed by atoms with van der Waals surface area (Å²) in [5.41, 5.74) is 8.04. The number of carbonyl (C=O) groups excluding carboxylic acids is 1. The van der Waals surface area contributed by atoms with E-state index in [2.05, 4.69) is 21.7 Å². The predicted octanol–water partition coefficient (Wildman–Crippen LogP) is 1.17. The number of rotatable bonds is 7. The zero-order valence-electron chi connectivity index (χ0n) is 14.4. The number of nitrogens with two attached hydrogens (primary N) is 1. The molecule has 1 aromatic rings. The van der Waals surface area contributed by atoms with E-state index >= 15 is 0 Å². The minimum Gasteiger partial charge on any atom is -0.495 e. The lowest BCUT2D eigenvalue weighted by atomic mass is 10.1. The Balaban J connectivity index is 2.18. The Morgan fingerprint density at radius 3 is 2.62 bits per heavy atom. The summed E-state index contributed by atoms with van der Waals surface area (Å²) < 4.78 is 10.5. The van der Waals surface area contributed by atoms with Crippen LogP contribution >= 0.6 is 0 Å². The van der Waals surface area contributed by atoms with Gasteiger partial charge >= 0.3 is 0 Å². The molecule has 1 aliphatic heterocycles. The molecule has 24 heavy (non-hydrogen) atoms. The summed E-state index contributed by atoms with van der Waals surface area (Å²) in [6.45, 7) is 8.73. The Bertz CT molecular complexity index is 583. The number of nitrogen functional groups attached to an aromatic ring is 1. The first-order chi connectivity index (χ1) is 11.6. The third-order valence-electron chi connectivity index (χ3n) is 4.12. The van der Waals surface area contributed by atoms with E-state index in [0.717, 1.165) is 45.0 Å². The van der Waals surface area contributed by atoms with Crippen LogP contribution in [0.15, 0.2) is 24.8 Å². The van der Waals surface area contributed by atoms with E-state index in [-0.39, 0.29) is 5.91 Å². The van der Waals surface area contributed by atoms with Crippen molar-refractivity contribution in [2.45, 2.75) is 0 Å². The first-order valence-electron chi connectivity index (χ1n) is 7.96. The standard InChI is InChI=1S/C17H26N4O3/c1-4-17(22)19-14-11-13(18)16(24-3)12-15(14)21-7-5-20(6-8-21)9-10-23-2/h4,11-12H,1,5-10,18H2,2-3H3,(H,19,22). The molecule has 1 aromatic carbocycles. The second-order valence-electron chi connectivity index (χ2n) is 5.63. The van der Waals surface area contributed by atoms with E-state index in [4.69, 9.17) is 15.2 Å². The van der Waals surface area contributed by atoms with Crippen LogP contribution in [-0.2, 0) is 9.53 Å². The summed E-state index contributed by atoms with van der Waals surface area (Å²) >= 11 is 0. The van der Waals surface area contributed by atoms with Crippen LogP contribution in [0.4, 0.5) is 17.1 Å². The van der Waals surface area contributed by atoms with Gasteiger partial charge < -0.3 is 25.4 Å². The summed E-state index contributed by atoms with van der Waals surface area (Å²) in [5, 5.41) is 2.83. The molecular weight excluding hydrogens is 308 g/mol. The van der Waals surface area contributed by atoms with Crippen LogP contribution in [0.25, 0.3) is 0 Å². The van der Waals surface area contributed by atoms with Gasteiger partial charge in [0, 0.05) is 45.9 Å². The lowest BCUT2D eigenvalue weighted by Crippen LogP contribution is -2.47. The van der Waals surface area contributed by atoms with Crippen molar-refractivity contribution in [2.75, 3.05) is 69.5 Å². The summed E-state index contributed by atoms with van der Waals surface area (Å²) in [7, 11) is 3.30. The number of hydrogen-bond donors (Lipinski definition) is 2. The van der Waals surface area contributed by atoms with Crippen molar-refractivity contribution < 1.29 is 14.3 Å². The molecule has 3 N–H and O–H groups in total. The fourth-order valence-corrected chi connectivity index (χ4v) is 2.74. The largest absolute Gasteiger partial charge is 0.495 e.